The Morgan fingerprint density at radius 3 is 2.72 bits per heavy atom. The molecule has 0 saturated heterocycles. The molecule has 0 radical (unpaired) electrons. The van der Waals surface area contributed by atoms with Crippen molar-refractivity contribution >= 4 is 5.91 Å². The number of carbonyl (C=O) groups is 1. The van der Waals surface area contributed by atoms with E-state index in [1.54, 1.807) is 43.5 Å². The molecule has 2 aromatic heterocycles. The Hall–Kier alpha value is -3.13. The second-order valence-electron chi connectivity index (χ2n) is 5.42. The molecule has 0 bridgehead atoms. The molecule has 8 nitrogen and oxygen atoms in total. The molecule has 0 aliphatic heterocycles. The molecule has 0 spiro atoms. The van der Waals surface area contributed by atoms with Crippen molar-refractivity contribution in [2.45, 2.75) is 6.04 Å². The lowest BCUT2D eigenvalue weighted by Gasteiger charge is -2.27. The number of benzene rings is 1. The molecule has 0 saturated carbocycles. The lowest BCUT2D eigenvalue weighted by Crippen LogP contribution is -2.34. The Balaban J connectivity index is 1.94. The minimum atomic E-state index is -0.308. The van der Waals surface area contributed by atoms with Crippen molar-refractivity contribution in [2.24, 2.45) is 0 Å². The largest absolute Gasteiger partial charge is 0.382 e. The van der Waals surface area contributed by atoms with Gasteiger partial charge in [-0.3, -0.25) is 9.78 Å². The number of pyridine rings is 1. The first-order chi connectivity index (χ1) is 12.2. The van der Waals surface area contributed by atoms with Gasteiger partial charge in [0, 0.05) is 25.9 Å². The topological polar surface area (TPSA) is 96.9 Å². The van der Waals surface area contributed by atoms with Gasteiger partial charge in [0.1, 0.15) is 0 Å². The van der Waals surface area contributed by atoms with Crippen LogP contribution in [0.2, 0.25) is 0 Å². The number of aromatic amines is 1. The van der Waals surface area contributed by atoms with Crippen LogP contribution in [0.25, 0.3) is 11.4 Å². The fraction of sp³-hybridized carbons (Fsp3) is 0.235. The number of amides is 1. The van der Waals surface area contributed by atoms with E-state index in [0.29, 0.717) is 23.6 Å². The van der Waals surface area contributed by atoms with E-state index in [4.69, 9.17) is 4.74 Å². The third-order valence-corrected chi connectivity index (χ3v) is 3.89. The maximum Gasteiger partial charge on any atom is 0.254 e. The van der Waals surface area contributed by atoms with Gasteiger partial charge in [0.05, 0.1) is 23.9 Å². The lowest BCUT2D eigenvalue weighted by atomic mass is 10.0. The van der Waals surface area contributed by atoms with Crippen molar-refractivity contribution in [1.29, 1.82) is 0 Å². The number of hydrogen-bond donors (Lipinski definition) is 1. The van der Waals surface area contributed by atoms with E-state index in [2.05, 4.69) is 25.6 Å². The number of rotatable bonds is 6. The highest BCUT2D eigenvalue weighted by atomic mass is 16.5. The van der Waals surface area contributed by atoms with Crippen LogP contribution in [-0.4, -0.2) is 57.2 Å². The van der Waals surface area contributed by atoms with Crippen LogP contribution in [0.4, 0.5) is 0 Å². The number of likely N-dealkylation sites (N-methyl/N-ethyl adjacent to an activating group) is 1. The lowest BCUT2D eigenvalue weighted by molar-refractivity contribution is 0.0595. The summed E-state index contributed by atoms with van der Waals surface area (Å²) < 4.78 is 5.29. The van der Waals surface area contributed by atoms with Crippen LogP contribution in [0.3, 0.4) is 0 Å². The molecule has 8 heteroatoms. The molecule has 0 unspecified atom stereocenters. The maximum absolute atomic E-state index is 13.1. The van der Waals surface area contributed by atoms with Crippen LogP contribution >= 0.6 is 0 Å². The number of methoxy groups -OCH3 is 1. The Morgan fingerprint density at radius 2 is 2.04 bits per heavy atom. The highest BCUT2D eigenvalue weighted by Gasteiger charge is 2.26. The molecule has 0 aliphatic carbocycles. The number of H-pyrrole nitrogens is 1. The first kappa shape index (κ1) is 16.7. The first-order valence-electron chi connectivity index (χ1n) is 7.72. The molecule has 2 heterocycles. The van der Waals surface area contributed by atoms with Gasteiger partial charge in [-0.1, -0.05) is 24.3 Å². The van der Waals surface area contributed by atoms with Gasteiger partial charge in [0.15, 0.2) is 0 Å². The fourth-order valence-electron chi connectivity index (χ4n) is 2.60. The van der Waals surface area contributed by atoms with E-state index in [9.17, 15) is 4.79 Å². The fourth-order valence-corrected chi connectivity index (χ4v) is 2.60. The molecule has 3 aromatic rings. The van der Waals surface area contributed by atoms with E-state index < -0.39 is 0 Å². The predicted molar refractivity (Wildman–Crippen MR) is 90.6 cm³/mol. The van der Waals surface area contributed by atoms with Crippen LogP contribution in [0.15, 0.2) is 48.7 Å². The summed E-state index contributed by atoms with van der Waals surface area (Å²) in [5.41, 5.74) is 1.87. The van der Waals surface area contributed by atoms with Crippen molar-refractivity contribution in [3.8, 4) is 11.4 Å². The van der Waals surface area contributed by atoms with Crippen molar-refractivity contribution in [2.75, 3.05) is 20.8 Å². The average molecular weight is 338 g/mol. The van der Waals surface area contributed by atoms with Gasteiger partial charge in [0.2, 0.25) is 5.82 Å². The number of aromatic nitrogens is 5. The summed E-state index contributed by atoms with van der Waals surface area (Å²) in [6.07, 6.45) is 1.70. The molecule has 1 aromatic carbocycles. The van der Waals surface area contributed by atoms with E-state index >= 15 is 0 Å². The molecule has 1 atom stereocenters. The van der Waals surface area contributed by atoms with Crippen molar-refractivity contribution in [1.82, 2.24) is 30.5 Å². The molecule has 25 heavy (non-hydrogen) atoms. The van der Waals surface area contributed by atoms with Gasteiger partial charge in [0.25, 0.3) is 5.91 Å². The summed E-state index contributed by atoms with van der Waals surface area (Å²) in [6.45, 7) is 0.337. The zero-order valence-corrected chi connectivity index (χ0v) is 14.0. The minimum absolute atomic E-state index is 0.173. The molecule has 1 amide bonds. The van der Waals surface area contributed by atoms with E-state index in [1.807, 2.05) is 24.3 Å². The zero-order valence-electron chi connectivity index (χ0n) is 14.0. The first-order valence-corrected chi connectivity index (χ1v) is 7.72. The molecule has 1 N–H and O–H groups in total. The van der Waals surface area contributed by atoms with Gasteiger partial charge in [-0.25, -0.2) is 0 Å². The number of nitrogens with one attached hydrogen (secondary N) is 1. The van der Waals surface area contributed by atoms with E-state index in [1.165, 1.54) is 0 Å². The minimum Gasteiger partial charge on any atom is -0.382 e. The summed E-state index contributed by atoms with van der Waals surface area (Å²) in [5, 5.41) is 13.9. The Bertz CT molecular complexity index is 822. The van der Waals surface area contributed by atoms with Crippen LogP contribution in [0, 0.1) is 0 Å². The van der Waals surface area contributed by atoms with Gasteiger partial charge in [-0.2, -0.15) is 5.21 Å². The summed E-state index contributed by atoms with van der Waals surface area (Å²) >= 11 is 0. The number of hydrogen-bond acceptors (Lipinski definition) is 6. The van der Waals surface area contributed by atoms with E-state index in [0.717, 1.165) is 5.69 Å². The third kappa shape index (κ3) is 3.53. The average Bonchev–Trinajstić information content (AvgIpc) is 3.20. The normalized spacial score (nSPS) is 11.9. The van der Waals surface area contributed by atoms with Crippen molar-refractivity contribution < 1.29 is 9.53 Å². The molecular weight excluding hydrogens is 320 g/mol. The third-order valence-electron chi connectivity index (χ3n) is 3.89. The van der Waals surface area contributed by atoms with Crippen LogP contribution in [-0.2, 0) is 4.74 Å². The summed E-state index contributed by atoms with van der Waals surface area (Å²) in [4.78, 5) is 19.1. The smallest absolute Gasteiger partial charge is 0.254 e. The van der Waals surface area contributed by atoms with Crippen LogP contribution in [0.1, 0.15) is 22.1 Å². The van der Waals surface area contributed by atoms with Crippen molar-refractivity contribution in [3.05, 3.63) is 59.9 Å². The number of nitrogens with zero attached hydrogens (tertiary/aromatic N) is 5. The zero-order chi connectivity index (χ0) is 17.6. The van der Waals surface area contributed by atoms with Gasteiger partial charge in [-0.05, 0) is 23.4 Å². The maximum atomic E-state index is 13.1. The standard InChI is InChI=1S/C17H18N6O2/c1-23(15(11-25-2)14-9-5-6-10-18-14)17(24)13-8-4-3-7-12(13)16-19-21-22-20-16/h3-10,15H,11H2,1-2H3,(H,19,20,21,22)/t15-/m1/s1. The number of ether oxygens (including phenoxy) is 1. The van der Waals surface area contributed by atoms with E-state index in [-0.39, 0.29) is 11.9 Å². The Labute approximate surface area is 144 Å². The summed E-state index contributed by atoms with van der Waals surface area (Å²) in [6, 6.07) is 12.4. The Morgan fingerprint density at radius 1 is 1.24 bits per heavy atom. The van der Waals surface area contributed by atoms with Crippen LogP contribution in [0.5, 0.6) is 0 Å². The summed E-state index contributed by atoms with van der Waals surface area (Å²) in [5.74, 6) is 0.201. The molecule has 0 fully saturated rings. The highest BCUT2D eigenvalue weighted by molar-refractivity contribution is 6.00. The molecule has 3 rings (SSSR count). The number of tetrazole rings is 1. The second-order valence-corrected chi connectivity index (χ2v) is 5.42. The van der Waals surface area contributed by atoms with Gasteiger partial charge >= 0.3 is 0 Å². The highest BCUT2D eigenvalue weighted by Crippen LogP contribution is 2.24. The molecule has 0 aliphatic rings. The molecular formula is C17H18N6O2. The molecule has 128 valence electrons. The predicted octanol–water partition coefficient (Wildman–Crippen LogP) is 1.72. The van der Waals surface area contributed by atoms with Gasteiger partial charge < -0.3 is 9.64 Å². The monoisotopic (exact) mass is 338 g/mol. The summed E-state index contributed by atoms with van der Waals surface area (Å²) in [7, 11) is 3.33. The Kier molecular flexibility index (Phi) is 5.10. The quantitative estimate of drug-likeness (QED) is 0.735. The van der Waals surface area contributed by atoms with Gasteiger partial charge in [-0.15, -0.1) is 10.2 Å². The van der Waals surface area contributed by atoms with Crippen LogP contribution < -0.4 is 0 Å². The SMILES string of the molecule is COC[C@H](c1ccccn1)N(C)C(=O)c1ccccc1-c1nn[nH]n1. The van der Waals surface area contributed by atoms with Crippen molar-refractivity contribution in [3.63, 3.8) is 0 Å². The number of carbonyl (C=O) groups excluding carboxylic acids is 1. The second kappa shape index (κ2) is 7.63.